The largest absolute Gasteiger partial charge is 0.852 e. The van der Waals surface area contributed by atoms with Gasteiger partial charge in [-0.25, -0.2) is 0 Å². The van der Waals surface area contributed by atoms with Crippen molar-refractivity contribution in [1.29, 1.82) is 0 Å². The smallest absolute Gasteiger partial charge is 0.106 e. The molecule has 0 aromatic rings. The van der Waals surface area contributed by atoms with Gasteiger partial charge in [0.2, 0.25) is 0 Å². The molecule has 4 unspecified atom stereocenters. The SMILES string of the molecule is C=O.CCC(CC(CC(CC(C)[O-])OP([O-])[O-])C(=O)[O-])P(=O)([O-])[O-]. The maximum atomic E-state index is 11.1. The molecule has 0 aliphatic heterocycles. The molecular weight excluding hydrogens is 366 g/mol. The van der Waals surface area contributed by atoms with Crippen molar-refractivity contribution >= 4 is 29.0 Å². The van der Waals surface area contributed by atoms with Crippen molar-refractivity contribution < 1.29 is 48.5 Å². The highest BCUT2D eigenvalue weighted by atomic mass is 31.2. The molecule has 0 aliphatic rings. The van der Waals surface area contributed by atoms with E-state index in [0.29, 0.717) is 0 Å². The van der Waals surface area contributed by atoms with Gasteiger partial charge in [0.15, 0.2) is 0 Å². The molecule has 24 heavy (non-hydrogen) atoms. The Balaban J connectivity index is 0. The summed E-state index contributed by atoms with van der Waals surface area (Å²) in [5.74, 6) is -3.03. The Hall–Kier alpha value is -0.440. The van der Waals surface area contributed by atoms with Crippen molar-refractivity contribution in [2.24, 2.45) is 5.92 Å². The Morgan fingerprint density at radius 2 is 1.71 bits per heavy atom. The van der Waals surface area contributed by atoms with Crippen LogP contribution in [0.25, 0.3) is 0 Å². The zero-order valence-electron chi connectivity index (χ0n) is 13.3. The number of carbonyl (C=O) groups excluding carboxylic acids is 2. The molecule has 0 aromatic carbocycles. The Morgan fingerprint density at radius 1 is 1.21 bits per heavy atom. The lowest BCUT2D eigenvalue weighted by atomic mass is 9.93. The van der Waals surface area contributed by atoms with E-state index in [-0.39, 0.29) is 12.8 Å². The number of hydrogen-bond acceptors (Lipinski definition) is 10. The fraction of sp³-hybridized carbons (Fsp3) is 0.833. The normalized spacial score (nSPS) is 16.7. The average Bonchev–Trinajstić information content (AvgIpc) is 2.42. The van der Waals surface area contributed by atoms with Crippen molar-refractivity contribution in [3.63, 3.8) is 0 Å². The number of carboxylic acid groups (broad SMARTS) is 1. The van der Waals surface area contributed by atoms with Crippen LogP contribution in [0, 0.1) is 5.92 Å². The Morgan fingerprint density at radius 3 is 2.00 bits per heavy atom. The van der Waals surface area contributed by atoms with Crippen molar-refractivity contribution in [3.05, 3.63) is 0 Å². The molecule has 4 atom stereocenters. The van der Waals surface area contributed by atoms with E-state index in [1.54, 1.807) is 0 Å². The summed E-state index contributed by atoms with van der Waals surface area (Å²) < 4.78 is 15.5. The minimum atomic E-state index is -4.98. The molecule has 0 amide bonds. The second kappa shape index (κ2) is 12.9. The van der Waals surface area contributed by atoms with Crippen LogP contribution in [0.3, 0.4) is 0 Å². The predicted octanol–water partition coefficient (Wildman–Crippen LogP) is -3.89. The lowest BCUT2D eigenvalue weighted by Crippen LogP contribution is -2.39. The quantitative estimate of drug-likeness (QED) is 0.316. The van der Waals surface area contributed by atoms with Crippen molar-refractivity contribution in [2.75, 3.05) is 0 Å². The summed E-state index contributed by atoms with van der Waals surface area (Å²) in [5.41, 5.74) is -1.40. The first-order valence-electron chi connectivity index (χ1n) is 6.95. The topological polar surface area (TPSA) is 199 Å². The van der Waals surface area contributed by atoms with Crippen molar-refractivity contribution in [2.45, 2.75) is 57.4 Å². The molecule has 0 N–H and O–H groups in total. The molecule has 144 valence electrons. The molecular formula is C12H20O10P2-6. The van der Waals surface area contributed by atoms with E-state index < -0.39 is 58.8 Å². The standard InChI is InChI=1S/C11H21O9P2.CH2O/c1-3-10(22(17,18)19)6-8(11(13)14)5-9(4-7(2)12)20-21(15)16;1-2/h7-10H,3-6H2,1-2H3,(H,13,14)(H2,17,18,19);1H2/q-3;/p-3. The van der Waals surface area contributed by atoms with Crippen molar-refractivity contribution in [1.82, 2.24) is 0 Å². The monoisotopic (exact) mass is 386 g/mol. The van der Waals surface area contributed by atoms with Crippen LogP contribution in [0.5, 0.6) is 0 Å². The van der Waals surface area contributed by atoms with E-state index in [1.807, 2.05) is 6.79 Å². The first kappa shape index (κ1) is 25.8. The molecule has 0 saturated carbocycles. The fourth-order valence-corrected chi connectivity index (χ4v) is 3.50. The number of aliphatic carboxylic acids is 1. The van der Waals surface area contributed by atoms with Gasteiger partial charge in [-0.15, -0.1) is 6.10 Å². The molecule has 0 radical (unpaired) electrons. The van der Waals surface area contributed by atoms with Gasteiger partial charge in [0.25, 0.3) is 0 Å². The minimum absolute atomic E-state index is 0.0760. The summed E-state index contributed by atoms with van der Waals surface area (Å²) in [6.45, 7) is 4.67. The van der Waals surface area contributed by atoms with Crippen LogP contribution < -0.4 is 29.8 Å². The van der Waals surface area contributed by atoms with Crippen molar-refractivity contribution in [3.8, 4) is 0 Å². The van der Waals surface area contributed by atoms with Crippen LogP contribution >= 0.6 is 16.2 Å². The van der Waals surface area contributed by atoms with E-state index in [0.717, 1.165) is 0 Å². The highest BCUT2D eigenvalue weighted by Crippen LogP contribution is 2.39. The van der Waals surface area contributed by atoms with Gasteiger partial charge >= 0.3 is 0 Å². The van der Waals surface area contributed by atoms with E-state index in [1.165, 1.54) is 13.8 Å². The molecule has 0 spiro atoms. The van der Waals surface area contributed by atoms with Gasteiger partial charge in [-0.3, -0.25) is 0 Å². The summed E-state index contributed by atoms with van der Waals surface area (Å²) in [6.07, 6.45) is -3.68. The lowest BCUT2D eigenvalue weighted by molar-refractivity contribution is -0.418. The van der Waals surface area contributed by atoms with Crippen LogP contribution in [0.2, 0.25) is 0 Å². The summed E-state index contributed by atoms with van der Waals surface area (Å²) in [7, 11) is -8.28. The third-order valence-electron chi connectivity index (χ3n) is 3.19. The Kier molecular flexibility index (Phi) is 13.8. The number of hydrogen-bond donors (Lipinski definition) is 0. The highest BCUT2D eigenvalue weighted by molar-refractivity contribution is 7.49. The van der Waals surface area contributed by atoms with Crippen LogP contribution in [0.15, 0.2) is 0 Å². The van der Waals surface area contributed by atoms with Gasteiger partial charge in [0.05, 0.1) is 6.10 Å². The first-order chi connectivity index (χ1) is 11.0. The maximum Gasteiger partial charge on any atom is 0.106 e. The molecule has 0 rings (SSSR count). The van der Waals surface area contributed by atoms with Gasteiger partial charge < -0.3 is 48.5 Å². The van der Waals surface area contributed by atoms with Crippen LogP contribution in [-0.2, 0) is 18.7 Å². The fourth-order valence-electron chi connectivity index (χ4n) is 2.13. The highest BCUT2D eigenvalue weighted by Gasteiger charge is 2.23. The van der Waals surface area contributed by atoms with E-state index in [2.05, 4.69) is 4.52 Å². The second-order valence-corrected chi connectivity index (χ2v) is 7.55. The number of carbonyl (C=O) groups is 2. The second-order valence-electron chi connectivity index (χ2n) is 5.09. The zero-order valence-corrected chi connectivity index (χ0v) is 15.1. The van der Waals surface area contributed by atoms with E-state index in [4.69, 9.17) is 4.79 Å². The third kappa shape index (κ3) is 12.0. The van der Waals surface area contributed by atoms with Gasteiger partial charge in [-0.2, -0.15) is 8.60 Å². The molecule has 10 nitrogen and oxygen atoms in total. The third-order valence-corrected chi connectivity index (χ3v) is 5.13. The van der Waals surface area contributed by atoms with Crippen LogP contribution in [-0.4, -0.2) is 30.6 Å². The van der Waals surface area contributed by atoms with Gasteiger partial charge in [0, 0.05) is 11.9 Å². The summed E-state index contributed by atoms with van der Waals surface area (Å²) in [6, 6.07) is 0. The molecule has 0 aliphatic carbocycles. The Labute approximate surface area is 141 Å². The van der Waals surface area contributed by atoms with Crippen LogP contribution in [0.1, 0.15) is 39.5 Å². The molecule has 0 bridgehead atoms. The molecule has 0 fully saturated rings. The average molecular weight is 386 g/mol. The molecule has 0 saturated heterocycles. The van der Waals surface area contributed by atoms with E-state index in [9.17, 15) is 39.1 Å². The van der Waals surface area contributed by atoms with Gasteiger partial charge in [0.1, 0.15) is 6.79 Å². The first-order valence-corrected chi connectivity index (χ1v) is 9.66. The summed E-state index contributed by atoms with van der Waals surface area (Å²) in [4.78, 5) is 62.4. The molecule has 12 heteroatoms. The Bertz CT molecular complexity index is 387. The minimum Gasteiger partial charge on any atom is -0.852 e. The van der Waals surface area contributed by atoms with E-state index >= 15 is 0 Å². The van der Waals surface area contributed by atoms with Gasteiger partial charge in [-0.05, 0) is 31.3 Å². The lowest BCUT2D eigenvalue weighted by Gasteiger charge is -2.41. The zero-order chi connectivity index (χ0) is 19.5. The van der Waals surface area contributed by atoms with Gasteiger partial charge in [-0.1, -0.05) is 21.4 Å². The predicted molar refractivity (Wildman–Crippen MR) is 72.4 cm³/mol. The molecule has 0 heterocycles. The molecule has 0 aromatic heterocycles. The number of carboxylic acids is 1. The van der Waals surface area contributed by atoms with Crippen LogP contribution in [0.4, 0.5) is 0 Å². The summed E-state index contributed by atoms with van der Waals surface area (Å²) in [5, 5.41) is 22.2. The number of rotatable bonds is 11. The summed E-state index contributed by atoms with van der Waals surface area (Å²) >= 11 is 0. The maximum absolute atomic E-state index is 11.1.